The van der Waals surface area contributed by atoms with Crippen molar-refractivity contribution in [3.63, 3.8) is 0 Å². The number of likely N-dealkylation sites (tertiary alicyclic amines) is 1. The summed E-state index contributed by atoms with van der Waals surface area (Å²) >= 11 is 1.57. The molecular weight excluding hydrogens is 464 g/mol. The Morgan fingerprint density at radius 3 is 2.31 bits per heavy atom. The number of hydrogen-bond acceptors (Lipinski definition) is 5. The van der Waals surface area contributed by atoms with E-state index >= 15 is 0 Å². The highest BCUT2D eigenvalue weighted by Gasteiger charge is 2.38. The summed E-state index contributed by atoms with van der Waals surface area (Å²) in [7, 11) is 0. The molecule has 1 fully saturated rings. The van der Waals surface area contributed by atoms with Crippen molar-refractivity contribution in [1.82, 2.24) is 10.2 Å². The van der Waals surface area contributed by atoms with Crippen molar-refractivity contribution in [2.24, 2.45) is 5.92 Å². The minimum atomic E-state index is -1.00. The van der Waals surface area contributed by atoms with E-state index in [0.29, 0.717) is 25.1 Å². The van der Waals surface area contributed by atoms with Gasteiger partial charge < -0.3 is 20.1 Å². The van der Waals surface area contributed by atoms with Gasteiger partial charge in [0.25, 0.3) is 0 Å². The van der Waals surface area contributed by atoms with Crippen LogP contribution >= 0.6 is 11.8 Å². The number of nitrogens with zero attached hydrogens (tertiary/aromatic N) is 1. The number of thioether (sulfide) groups is 1. The molecule has 0 radical (unpaired) electrons. The van der Waals surface area contributed by atoms with Gasteiger partial charge in [-0.05, 0) is 59.4 Å². The van der Waals surface area contributed by atoms with Crippen LogP contribution in [0.25, 0.3) is 11.1 Å². The maximum atomic E-state index is 13.4. The molecule has 1 aliphatic heterocycles. The Morgan fingerprint density at radius 2 is 1.71 bits per heavy atom. The molecule has 1 aliphatic carbocycles. The number of aliphatic carboxylic acids is 1. The molecule has 0 bridgehead atoms. The second-order valence-electron chi connectivity index (χ2n) is 9.33. The van der Waals surface area contributed by atoms with Crippen LogP contribution in [0, 0.1) is 5.92 Å². The van der Waals surface area contributed by atoms with Gasteiger partial charge in [-0.25, -0.2) is 9.59 Å². The van der Waals surface area contributed by atoms with Crippen LogP contribution in [0.5, 0.6) is 0 Å². The Labute approximate surface area is 210 Å². The van der Waals surface area contributed by atoms with E-state index in [4.69, 9.17) is 4.74 Å². The molecule has 0 saturated carbocycles. The summed E-state index contributed by atoms with van der Waals surface area (Å²) in [6.07, 6.45) is 2.85. The third-order valence-electron chi connectivity index (χ3n) is 6.93. The first-order valence-corrected chi connectivity index (χ1v) is 13.4. The number of ether oxygens (including phenoxy) is 1. The molecule has 35 heavy (non-hydrogen) atoms. The van der Waals surface area contributed by atoms with Gasteiger partial charge in [0.1, 0.15) is 18.7 Å². The van der Waals surface area contributed by atoms with E-state index in [2.05, 4.69) is 29.6 Å². The standard InChI is InChI=1S/C27H32N2O5S/c1-17-11-12-24(26(31)32)29(15-17)25(30)23(13-14-35-2)28-27(33)34-16-22-20-9-5-3-7-18(20)19-8-4-6-10-21(19)22/h3-10,17,22-24H,11-16H2,1-2H3,(H,28,33)(H,31,32). The van der Waals surface area contributed by atoms with Crippen molar-refractivity contribution in [2.75, 3.05) is 25.2 Å². The van der Waals surface area contributed by atoms with Gasteiger partial charge in [-0.2, -0.15) is 11.8 Å². The molecule has 4 rings (SSSR count). The molecule has 186 valence electrons. The number of carbonyl (C=O) groups excluding carboxylic acids is 2. The Morgan fingerprint density at radius 1 is 1.09 bits per heavy atom. The molecule has 7 nitrogen and oxygen atoms in total. The van der Waals surface area contributed by atoms with Gasteiger partial charge in [-0.3, -0.25) is 4.79 Å². The fourth-order valence-corrected chi connectivity index (χ4v) is 5.60. The SMILES string of the molecule is CSCCC(NC(=O)OCC1c2ccccc2-c2ccccc21)C(=O)N1CC(C)CCC1C(=O)O. The highest BCUT2D eigenvalue weighted by atomic mass is 32.2. The third kappa shape index (κ3) is 5.48. The predicted octanol–water partition coefficient (Wildman–Crippen LogP) is 4.36. The summed E-state index contributed by atoms with van der Waals surface area (Å²) in [5, 5.41) is 12.4. The summed E-state index contributed by atoms with van der Waals surface area (Å²) in [6, 6.07) is 14.5. The molecule has 3 atom stereocenters. The van der Waals surface area contributed by atoms with Crippen molar-refractivity contribution < 1.29 is 24.2 Å². The first-order chi connectivity index (χ1) is 16.9. The normalized spacial score (nSPS) is 20.0. The molecule has 2 aromatic carbocycles. The number of carboxylic acid groups (broad SMARTS) is 1. The van der Waals surface area contributed by atoms with Gasteiger partial charge in [0.05, 0.1) is 0 Å². The van der Waals surface area contributed by atoms with Gasteiger partial charge >= 0.3 is 12.1 Å². The highest BCUT2D eigenvalue weighted by Crippen LogP contribution is 2.44. The zero-order chi connectivity index (χ0) is 24.9. The number of alkyl carbamates (subject to hydrolysis) is 1. The molecule has 2 N–H and O–H groups in total. The smallest absolute Gasteiger partial charge is 0.407 e. The third-order valence-corrected chi connectivity index (χ3v) is 7.57. The zero-order valence-corrected chi connectivity index (χ0v) is 20.9. The van der Waals surface area contributed by atoms with Crippen molar-refractivity contribution in [3.05, 3.63) is 59.7 Å². The van der Waals surface area contributed by atoms with E-state index in [9.17, 15) is 19.5 Å². The lowest BCUT2D eigenvalue weighted by molar-refractivity contribution is -0.154. The number of fused-ring (bicyclic) bond motifs is 3. The first-order valence-electron chi connectivity index (χ1n) is 12.0. The second kappa shape index (κ2) is 11.2. The fraction of sp³-hybridized carbons (Fsp3) is 0.444. The van der Waals surface area contributed by atoms with Crippen LogP contribution in [-0.4, -0.2) is 65.2 Å². The Hall–Kier alpha value is -3.00. The largest absolute Gasteiger partial charge is 0.480 e. The van der Waals surface area contributed by atoms with Gasteiger partial charge in [0.2, 0.25) is 5.91 Å². The lowest BCUT2D eigenvalue weighted by Gasteiger charge is -2.38. The zero-order valence-electron chi connectivity index (χ0n) is 20.1. The molecule has 2 aliphatic rings. The quantitative estimate of drug-likeness (QED) is 0.564. The summed E-state index contributed by atoms with van der Waals surface area (Å²) in [4.78, 5) is 39.4. The monoisotopic (exact) mass is 496 g/mol. The van der Waals surface area contributed by atoms with Crippen molar-refractivity contribution >= 4 is 29.7 Å². The molecule has 2 amide bonds. The van der Waals surface area contributed by atoms with Crippen molar-refractivity contribution in [3.8, 4) is 11.1 Å². The molecule has 1 saturated heterocycles. The van der Waals surface area contributed by atoms with E-state index in [1.807, 2.05) is 37.4 Å². The minimum Gasteiger partial charge on any atom is -0.480 e. The van der Waals surface area contributed by atoms with Crippen LogP contribution in [0.3, 0.4) is 0 Å². The Bertz CT molecular complexity index is 1050. The highest BCUT2D eigenvalue weighted by molar-refractivity contribution is 7.98. The van der Waals surface area contributed by atoms with E-state index < -0.39 is 24.1 Å². The number of piperidine rings is 1. The maximum Gasteiger partial charge on any atom is 0.407 e. The number of hydrogen-bond donors (Lipinski definition) is 2. The summed E-state index contributed by atoms with van der Waals surface area (Å²) in [5.74, 6) is -0.569. The van der Waals surface area contributed by atoms with Crippen molar-refractivity contribution in [2.45, 2.75) is 44.2 Å². The van der Waals surface area contributed by atoms with Crippen LogP contribution in [0.2, 0.25) is 0 Å². The van der Waals surface area contributed by atoms with Gasteiger partial charge in [0.15, 0.2) is 0 Å². The molecule has 8 heteroatoms. The molecule has 0 aromatic heterocycles. The topological polar surface area (TPSA) is 95.9 Å². The molecule has 0 spiro atoms. The molecule has 3 unspecified atom stereocenters. The van der Waals surface area contributed by atoms with Gasteiger partial charge in [-0.15, -0.1) is 0 Å². The van der Waals surface area contributed by atoms with Crippen molar-refractivity contribution in [1.29, 1.82) is 0 Å². The van der Waals surface area contributed by atoms with Gasteiger partial charge in [-0.1, -0.05) is 55.5 Å². The lowest BCUT2D eigenvalue weighted by atomic mass is 9.93. The number of benzene rings is 2. The van der Waals surface area contributed by atoms with Crippen LogP contribution in [0.4, 0.5) is 4.79 Å². The van der Waals surface area contributed by atoms with Crippen LogP contribution in [0.1, 0.15) is 43.2 Å². The fourth-order valence-electron chi connectivity index (χ4n) is 5.13. The van der Waals surface area contributed by atoms with E-state index in [-0.39, 0.29) is 24.3 Å². The lowest BCUT2D eigenvalue weighted by Crippen LogP contribution is -2.57. The summed E-state index contributed by atoms with van der Waals surface area (Å²) in [6.45, 7) is 2.54. The van der Waals surface area contributed by atoms with E-state index in [1.54, 1.807) is 11.8 Å². The minimum absolute atomic E-state index is 0.0761. The Balaban J connectivity index is 1.45. The molecule has 1 heterocycles. The van der Waals surface area contributed by atoms with E-state index in [1.165, 1.54) is 4.90 Å². The number of carboxylic acids is 1. The number of carbonyl (C=O) groups is 3. The number of rotatable bonds is 8. The summed E-state index contributed by atoms with van der Waals surface area (Å²) < 4.78 is 5.64. The first kappa shape index (κ1) is 25.1. The van der Waals surface area contributed by atoms with E-state index in [0.717, 1.165) is 28.7 Å². The molecular formula is C27H32N2O5S. The molecule has 2 aromatic rings. The van der Waals surface area contributed by atoms with Crippen LogP contribution in [0.15, 0.2) is 48.5 Å². The maximum absolute atomic E-state index is 13.4. The number of amides is 2. The van der Waals surface area contributed by atoms with Crippen LogP contribution < -0.4 is 5.32 Å². The average molecular weight is 497 g/mol. The van der Waals surface area contributed by atoms with Crippen LogP contribution in [-0.2, 0) is 14.3 Å². The average Bonchev–Trinajstić information content (AvgIpc) is 3.18. The predicted molar refractivity (Wildman–Crippen MR) is 137 cm³/mol. The summed E-state index contributed by atoms with van der Waals surface area (Å²) in [5.41, 5.74) is 4.51. The Kier molecular flexibility index (Phi) is 8.00. The second-order valence-corrected chi connectivity index (χ2v) is 10.3. The van der Waals surface area contributed by atoms with Gasteiger partial charge in [0, 0.05) is 12.5 Å². The number of nitrogens with one attached hydrogen (secondary N) is 1.